The Morgan fingerprint density at radius 1 is 0.786 bits per heavy atom. The molecule has 0 aliphatic rings. The van der Waals surface area contributed by atoms with Crippen molar-refractivity contribution in [3.63, 3.8) is 0 Å². The summed E-state index contributed by atoms with van der Waals surface area (Å²) in [6, 6.07) is 23.3. The smallest absolute Gasteiger partial charge is 0.224 e. The van der Waals surface area contributed by atoms with Crippen molar-refractivity contribution in [1.82, 2.24) is 0 Å². The molecule has 0 saturated carbocycles. The third-order valence-electron chi connectivity index (χ3n) is 4.32. The average molecular weight is 376 g/mol. The number of carbonyl (C=O) groups is 1. The maximum absolute atomic E-state index is 12.3. The van der Waals surface area contributed by atoms with E-state index in [1.165, 1.54) is 0 Å². The van der Waals surface area contributed by atoms with Gasteiger partial charge < -0.3 is 20.1 Å². The minimum absolute atomic E-state index is 0.0291. The van der Waals surface area contributed by atoms with Crippen LogP contribution in [0.4, 0.5) is 17.1 Å². The van der Waals surface area contributed by atoms with Crippen molar-refractivity contribution in [2.45, 2.75) is 12.8 Å². The molecule has 0 aliphatic carbocycles. The van der Waals surface area contributed by atoms with Gasteiger partial charge in [-0.25, -0.2) is 0 Å². The minimum Gasteiger partial charge on any atom is -0.493 e. The third kappa shape index (κ3) is 5.27. The zero-order chi connectivity index (χ0) is 19.8. The second kappa shape index (κ2) is 9.46. The Morgan fingerprint density at radius 2 is 1.43 bits per heavy atom. The topological polar surface area (TPSA) is 59.6 Å². The maximum atomic E-state index is 12.3. The van der Waals surface area contributed by atoms with Crippen LogP contribution in [0.25, 0.3) is 0 Å². The van der Waals surface area contributed by atoms with E-state index in [4.69, 9.17) is 9.47 Å². The van der Waals surface area contributed by atoms with Crippen molar-refractivity contribution in [1.29, 1.82) is 0 Å². The second-order valence-electron chi connectivity index (χ2n) is 6.31. The molecule has 0 aromatic heterocycles. The van der Waals surface area contributed by atoms with Gasteiger partial charge in [0.1, 0.15) is 0 Å². The van der Waals surface area contributed by atoms with E-state index >= 15 is 0 Å². The predicted molar refractivity (Wildman–Crippen MR) is 113 cm³/mol. The summed E-state index contributed by atoms with van der Waals surface area (Å²) in [7, 11) is 3.20. The average Bonchev–Trinajstić information content (AvgIpc) is 2.74. The molecule has 0 unspecified atom stereocenters. The van der Waals surface area contributed by atoms with Gasteiger partial charge in [-0.15, -0.1) is 0 Å². The van der Waals surface area contributed by atoms with Crippen LogP contribution in [-0.4, -0.2) is 20.1 Å². The summed E-state index contributed by atoms with van der Waals surface area (Å²) in [4.78, 5) is 12.3. The van der Waals surface area contributed by atoms with E-state index in [1.54, 1.807) is 14.2 Å². The Labute approximate surface area is 165 Å². The summed E-state index contributed by atoms with van der Waals surface area (Å²) in [5.41, 5.74) is 3.79. The van der Waals surface area contributed by atoms with Crippen LogP contribution in [0.15, 0.2) is 72.8 Å². The van der Waals surface area contributed by atoms with Gasteiger partial charge in [0.15, 0.2) is 11.5 Å². The number of methoxy groups -OCH3 is 2. The zero-order valence-corrected chi connectivity index (χ0v) is 16.1. The van der Waals surface area contributed by atoms with Crippen LogP contribution in [0.2, 0.25) is 0 Å². The van der Waals surface area contributed by atoms with Gasteiger partial charge in [0.25, 0.3) is 0 Å². The normalized spacial score (nSPS) is 10.2. The number of ether oxygens (including phenoxy) is 2. The number of amides is 1. The van der Waals surface area contributed by atoms with Crippen LogP contribution in [0.5, 0.6) is 11.5 Å². The largest absolute Gasteiger partial charge is 0.493 e. The fourth-order valence-corrected chi connectivity index (χ4v) is 2.84. The van der Waals surface area contributed by atoms with Crippen molar-refractivity contribution in [2.24, 2.45) is 0 Å². The molecule has 0 bridgehead atoms. The Kier molecular flexibility index (Phi) is 6.52. The van der Waals surface area contributed by atoms with Gasteiger partial charge in [-0.3, -0.25) is 4.79 Å². The molecule has 1 amide bonds. The van der Waals surface area contributed by atoms with Crippen molar-refractivity contribution < 1.29 is 14.3 Å². The molecule has 28 heavy (non-hydrogen) atoms. The first-order valence-electron chi connectivity index (χ1n) is 9.11. The molecular weight excluding hydrogens is 352 g/mol. The molecule has 2 N–H and O–H groups in total. The lowest BCUT2D eigenvalue weighted by Crippen LogP contribution is -2.12. The standard InChI is InChI=1S/C23H24N2O3/c1-27-21-14-8-17(16-22(21)28-2)9-15-23(26)25-20-12-10-19(11-13-20)24-18-6-4-3-5-7-18/h3-8,10-14,16,24H,9,15H2,1-2H3,(H,25,26). The molecule has 5 nitrogen and oxygen atoms in total. The van der Waals surface area contributed by atoms with Gasteiger partial charge in [-0.05, 0) is 60.5 Å². The van der Waals surface area contributed by atoms with Crippen LogP contribution in [0.1, 0.15) is 12.0 Å². The van der Waals surface area contributed by atoms with Gasteiger partial charge in [-0.2, -0.15) is 0 Å². The number of rotatable bonds is 8. The number of anilines is 3. The summed E-state index contributed by atoms with van der Waals surface area (Å²) in [6.45, 7) is 0. The van der Waals surface area contributed by atoms with Crippen molar-refractivity contribution in [3.05, 3.63) is 78.4 Å². The lowest BCUT2D eigenvalue weighted by Gasteiger charge is -2.10. The molecular formula is C23H24N2O3. The highest BCUT2D eigenvalue weighted by Gasteiger charge is 2.07. The highest BCUT2D eigenvalue weighted by molar-refractivity contribution is 5.91. The first-order valence-corrected chi connectivity index (χ1v) is 9.11. The van der Waals surface area contributed by atoms with Gasteiger partial charge >= 0.3 is 0 Å². The predicted octanol–water partition coefficient (Wildman–Crippen LogP) is 5.02. The molecule has 0 fully saturated rings. The van der Waals surface area contributed by atoms with E-state index in [1.807, 2.05) is 72.8 Å². The number of hydrogen-bond donors (Lipinski definition) is 2. The number of hydrogen-bond acceptors (Lipinski definition) is 4. The monoisotopic (exact) mass is 376 g/mol. The number of para-hydroxylation sites is 1. The molecule has 3 aromatic carbocycles. The Hall–Kier alpha value is -3.47. The van der Waals surface area contributed by atoms with Crippen molar-refractivity contribution in [2.75, 3.05) is 24.9 Å². The quantitative estimate of drug-likeness (QED) is 0.580. The fourth-order valence-electron chi connectivity index (χ4n) is 2.84. The van der Waals surface area contributed by atoms with E-state index in [-0.39, 0.29) is 5.91 Å². The van der Waals surface area contributed by atoms with Gasteiger partial charge in [-0.1, -0.05) is 24.3 Å². The van der Waals surface area contributed by atoms with E-state index in [2.05, 4.69) is 10.6 Å². The summed E-state index contributed by atoms with van der Waals surface area (Å²) in [6.07, 6.45) is 1.01. The minimum atomic E-state index is -0.0291. The van der Waals surface area contributed by atoms with Crippen LogP contribution in [0.3, 0.4) is 0 Å². The van der Waals surface area contributed by atoms with Gasteiger partial charge in [0.05, 0.1) is 14.2 Å². The first kappa shape index (κ1) is 19.3. The molecule has 0 spiro atoms. The van der Waals surface area contributed by atoms with Crippen LogP contribution >= 0.6 is 0 Å². The molecule has 0 radical (unpaired) electrons. The highest BCUT2D eigenvalue weighted by Crippen LogP contribution is 2.28. The molecule has 3 rings (SSSR count). The third-order valence-corrected chi connectivity index (χ3v) is 4.32. The molecule has 0 atom stereocenters. The lowest BCUT2D eigenvalue weighted by atomic mass is 10.1. The van der Waals surface area contributed by atoms with Crippen LogP contribution in [-0.2, 0) is 11.2 Å². The Morgan fingerprint density at radius 3 is 2.11 bits per heavy atom. The van der Waals surface area contributed by atoms with Gasteiger partial charge in [0.2, 0.25) is 5.91 Å². The van der Waals surface area contributed by atoms with E-state index < -0.39 is 0 Å². The molecule has 5 heteroatoms. The number of aryl methyl sites for hydroxylation is 1. The number of benzene rings is 3. The van der Waals surface area contributed by atoms with Gasteiger partial charge in [0, 0.05) is 23.5 Å². The van der Waals surface area contributed by atoms with Crippen molar-refractivity contribution >= 4 is 23.0 Å². The summed E-state index contributed by atoms with van der Waals surface area (Å²) < 4.78 is 10.5. The second-order valence-corrected chi connectivity index (χ2v) is 6.31. The number of carbonyl (C=O) groups excluding carboxylic acids is 1. The molecule has 3 aromatic rings. The molecule has 0 aliphatic heterocycles. The Bertz CT molecular complexity index is 909. The van der Waals surface area contributed by atoms with Crippen LogP contribution < -0.4 is 20.1 Å². The van der Waals surface area contributed by atoms with Crippen LogP contribution in [0, 0.1) is 0 Å². The van der Waals surface area contributed by atoms with Crippen molar-refractivity contribution in [3.8, 4) is 11.5 Å². The highest BCUT2D eigenvalue weighted by atomic mass is 16.5. The molecule has 0 saturated heterocycles. The Balaban J connectivity index is 1.52. The summed E-state index contributed by atoms with van der Waals surface area (Å²) >= 11 is 0. The lowest BCUT2D eigenvalue weighted by molar-refractivity contribution is -0.116. The SMILES string of the molecule is COc1ccc(CCC(=O)Nc2ccc(Nc3ccccc3)cc2)cc1OC. The van der Waals surface area contributed by atoms with E-state index in [9.17, 15) is 4.79 Å². The van der Waals surface area contributed by atoms with E-state index in [0.717, 1.165) is 22.6 Å². The molecule has 0 heterocycles. The zero-order valence-electron chi connectivity index (χ0n) is 16.1. The molecule has 144 valence electrons. The summed E-state index contributed by atoms with van der Waals surface area (Å²) in [5, 5.41) is 6.25. The van der Waals surface area contributed by atoms with E-state index in [0.29, 0.717) is 24.3 Å². The number of nitrogens with one attached hydrogen (secondary N) is 2. The maximum Gasteiger partial charge on any atom is 0.224 e. The first-order chi connectivity index (χ1) is 13.7. The fraction of sp³-hybridized carbons (Fsp3) is 0.174. The summed E-state index contributed by atoms with van der Waals surface area (Å²) in [5.74, 6) is 1.32.